The zero-order chi connectivity index (χ0) is 13.0. The molecule has 0 saturated carbocycles. The first kappa shape index (κ1) is 13.5. The first-order valence-corrected chi connectivity index (χ1v) is 7.69. The second kappa shape index (κ2) is 5.77. The summed E-state index contributed by atoms with van der Waals surface area (Å²) < 4.78 is 26.3. The van der Waals surface area contributed by atoms with Crippen molar-refractivity contribution in [2.45, 2.75) is 24.2 Å². The lowest BCUT2D eigenvalue weighted by molar-refractivity contribution is 0.258. The first-order valence-electron chi connectivity index (χ1n) is 6.25. The van der Waals surface area contributed by atoms with Gasteiger partial charge in [0, 0.05) is 25.5 Å². The summed E-state index contributed by atoms with van der Waals surface area (Å²) in [7, 11) is -3.38. The van der Waals surface area contributed by atoms with Crippen LogP contribution >= 0.6 is 0 Å². The first-order chi connectivity index (χ1) is 8.64. The zero-order valence-corrected chi connectivity index (χ0v) is 11.1. The molecule has 2 N–H and O–H groups in total. The number of hydrogen-bond donors (Lipinski definition) is 1. The molecule has 0 aliphatic carbocycles. The zero-order valence-electron chi connectivity index (χ0n) is 10.3. The Bertz CT molecular complexity index is 473. The topological polar surface area (TPSA) is 76.3 Å². The van der Waals surface area contributed by atoms with Crippen LogP contribution in [-0.2, 0) is 10.0 Å². The van der Waals surface area contributed by atoms with Crippen LogP contribution in [0.1, 0.15) is 19.3 Å². The van der Waals surface area contributed by atoms with Crippen molar-refractivity contribution in [2.24, 2.45) is 11.7 Å². The van der Waals surface area contributed by atoms with E-state index in [2.05, 4.69) is 4.98 Å². The molecule has 100 valence electrons. The van der Waals surface area contributed by atoms with Crippen LogP contribution in [0.3, 0.4) is 0 Å². The minimum absolute atomic E-state index is 0.276. The summed E-state index contributed by atoms with van der Waals surface area (Å²) in [5.41, 5.74) is 5.55. The van der Waals surface area contributed by atoms with Gasteiger partial charge in [-0.05, 0) is 43.9 Å². The molecule has 5 nitrogen and oxygen atoms in total. The summed E-state index contributed by atoms with van der Waals surface area (Å²) in [6.07, 6.45) is 5.84. The lowest BCUT2D eigenvalue weighted by atomic mass is 9.96. The van der Waals surface area contributed by atoms with E-state index in [0.29, 0.717) is 25.6 Å². The standard InChI is InChI=1S/C12H19N3O2S/c13-6-5-11-3-2-8-15(10-11)18(16,17)12-4-1-7-14-9-12/h1,4,7,9,11H,2-3,5-6,8,10,13H2. The lowest BCUT2D eigenvalue weighted by Gasteiger charge is -2.31. The van der Waals surface area contributed by atoms with Crippen molar-refractivity contribution in [3.05, 3.63) is 24.5 Å². The number of pyridine rings is 1. The molecule has 0 spiro atoms. The second-order valence-corrected chi connectivity index (χ2v) is 6.58. The summed E-state index contributed by atoms with van der Waals surface area (Å²) in [6.45, 7) is 1.79. The number of nitrogens with two attached hydrogens (primary N) is 1. The van der Waals surface area contributed by atoms with Crippen LogP contribution in [0.4, 0.5) is 0 Å². The van der Waals surface area contributed by atoms with Crippen LogP contribution < -0.4 is 5.73 Å². The van der Waals surface area contributed by atoms with Crippen molar-refractivity contribution in [3.8, 4) is 0 Å². The third kappa shape index (κ3) is 2.88. The van der Waals surface area contributed by atoms with Crippen LogP contribution in [0.5, 0.6) is 0 Å². The maximum absolute atomic E-state index is 12.4. The number of sulfonamides is 1. The molecule has 1 saturated heterocycles. The molecule has 18 heavy (non-hydrogen) atoms. The third-order valence-electron chi connectivity index (χ3n) is 3.33. The predicted molar refractivity (Wildman–Crippen MR) is 69.4 cm³/mol. The fourth-order valence-electron chi connectivity index (χ4n) is 2.37. The molecule has 0 bridgehead atoms. The van der Waals surface area contributed by atoms with Crippen molar-refractivity contribution >= 4 is 10.0 Å². The Balaban J connectivity index is 2.15. The number of piperidine rings is 1. The highest BCUT2D eigenvalue weighted by Crippen LogP contribution is 2.24. The predicted octanol–water partition coefficient (Wildman–Crippen LogP) is 0.831. The van der Waals surface area contributed by atoms with Crippen molar-refractivity contribution in [1.82, 2.24) is 9.29 Å². The van der Waals surface area contributed by atoms with Gasteiger partial charge in [0.15, 0.2) is 0 Å². The molecule has 2 heterocycles. The Hall–Kier alpha value is -0.980. The van der Waals surface area contributed by atoms with E-state index in [1.54, 1.807) is 22.6 Å². The molecule has 2 rings (SSSR count). The van der Waals surface area contributed by atoms with E-state index in [1.165, 1.54) is 6.20 Å². The summed E-state index contributed by atoms with van der Waals surface area (Å²) in [5, 5.41) is 0. The van der Waals surface area contributed by atoms with Gasteiger partial charge in [-0.2, -0.15) is 4.31 Å². The SMILES string of the molecule is NCCC1CCCN(S(=O)(=O)c2cccnc2)C1. The summed E-state index contributed by atoms with van der Waals surface area (Å²) >= 11 is 0. The summed E-state index contributed by atoms with van der Waals surface area (Å²) in [6, 6.07) is 3.24. The quantitative estimate of drug-likeness (QED) is 0.878. The average Bonchev–Trinajstić information content (AvgIpc) is 2.40. The van der Waals surface area contributed by atoms with Crippen molar-refractivity contribution < 1.29 is 8.42 Å². The minimum atomic E-state index is -3.38. The van der Waals surface area contributed by atoms with Gasteiger partial charge in [-0.1, -0.05) is 0 Å². The average molecular weight is 269 g/mol. The van der Waals surface area contributed by atoms with Crippen molar-refractivity contribution in [1.29, 1.82) is 0 Å². The van der Waals surface area contributed by atoms with Gasteiger partial charge in [0.25, 0.3) is 0 Å². The molecule has 0 aromatic carbocycles. The molecule has 1 fully saturated rings. The van der Waals surface area contributed by atoms with E-state index in [1.807, 2.05) is 0 Å². The van der Waals surface area contributed by atoms with Gasteiger partial charge in [0.1, 0.15) is 4.90 Å². The monoisotopic (exact) mass is 269 g/mol. The van der Waals surface area contributed by atoms with E-state index in [4.69, 9.17) is 5.73 Å². The number of aromatic nitrogens is 1. The molecule has 1 aliphatic rings. The molecule has 6 heteroatoms. The van der Waals surface area contributed by atoms with Gasteiger partial charge in [0.05, 0.1) is 0 Å². The van der Waals surface area contributed by atoms with E-state index in [-0.39, 0.29) is 4.90 Å². The summed E-state index contributed by atoms with van der Waals surface area (Å²) in [4.78, 5) is 4.15. The lowest BCUT2D eigenvalue weighted by Crippen LogP contribution is -2.40. The normalized spacial score (nSPS) is 21.9. The van der Waals surface area contributed by atoms with E-state index < -0.39 is 10.0 Å². The number of hydrogen-bond acceptors (Lipinski definition) is 4. The number of rotatable bonds is 4. The Morgan fingerprint density at radius 3 is 3.00 bits per heavy atom. The van der Waals surface area contributed by atoms with Crippen molar-refractivity contribution in [3.63, 3.8) is 0 Å². The van der Waals surface area contributed by atoms with E-state index >= 15 is 0 Å². The molecular formula is C12H19N3O2S. The van der Waals surface area contributed by atoms with Gasteiger partial charge >= 0.3 is 0 Å². The van der Waals surface area contributed by atoms with E-state index in [9.17, 15) is 8.42 Å². The molecule has 1 aliphatic heterocycles. The molecule has 1 aromatic heterocycles. The molecule has 1 atom stereocenters. The highest BCUT2D eigenvalue weighted by atomic mass is 32.2. The van der Waals surface area contributed by atoms with Crippen LogP contribution in [-0.4, -0.2) is 37.3 Å². The maximum Gasteiger partial charge on any atom is 0.244 e. The Labute approximate surface area is 108 Å². The summed E-state index contributed by atoms with van der Waals surface area (Å²) in [5.74, 6) is 0.384. The minimum Gasteiger partial charge on any atom is -0.330 e. The highest BCUT2D eigenvalue weighted by molar-refractivity contribution is 7.89. The van der Waals surface area contributed by atoms with Gasteiger partial charge in [-0.25, -0.2) is 8.42 Å². The molecular weight excluding hydrogens is 250 g/mol. The molecule has 0 amide bonds. The van der Waals surface area contributed by atoms with Gasteiger partial charge in [-0.3, -0.25) is 4.98 Å². The Morgan fingerprint density at radius 2 is 2.33 bits per heavy atom. The van der Waals surface area contributed by atoms with Crippen molar-refractivity contribution in [2.75, 3.05) is 19.6 Å². The third-order valence-corrected chi connectivity index (χ3v) is 5.18. The van der Waals surface area contributed by atoms with Crippen LogP contribution in [0.15, 0.2) is 29.4 Å². The molecule has 1 unspecified atom stereocenters. The largest absolute Gasteiger partial charge is 0.330 e. The van der Waals surface area contributed by atoms with Gasteiger partial charge in [0.2, 0.25) is 10.0 Å². The maximum atomic E-state index is 12.4. The van der Waals surface area contributed by atoms with Gasteiger partial charge in [-0.15, -0.1) is 0 Å². The fraction of sp³-hybridized carbons (Fsp3) is 0.583. The second-order valence-electron chi connectivity index (χ2n) is 4.64. The van der Waals surface area contributed by atoms with E-state index in [0.717, 1.165) is 19.3 Å². The van der Waals surface area contributed by atoms with Crippen LogP contribution in [0.2, 0.25) is 0 Å². The smallest absolute Gasteiger partial charge is 0.244 e. The van der Waals surface area contributed by atoms with Crippen LogP contribution in [0.25, 0.3) is 0 Å². The molecule has 1 aromatic rings. The van der Waals surface area contributed by atoms with Gasteiger partial charge < -0.3 is 5.73 Å². The number of nitrogens with zero attached hydrogens (tertiary/aromatic N) is 2. The van der Waals surface area contributed by atoms with Crippen LogP contribution in [0, 0.1) is 5.92 Å². The fourth-order valence-corrected chi connectivity index (χ4v) is 3.88. The molecule has 0 radical (unpaired) electrons. The Kier molecular flexibility index (Phi) is 4.31. The Morgan fingerprint density at radius 1 is 1.50 bits per heavy atom. The highest BCUT2D eigenvalue weighted by Gasteiger charge is 2.29.